The van der Waals surface area contributed by atoms with Gasteiger partial charge in [-0.15, -0.1) is 0 Å². The molecule has 0 radical (unpaired) electrons. The standard InChI is InChI=1S/C17H19BrN2O4S/c1-20(2)25(22,23)14-7-8-16(18)15(11-14)17(21)24-10-4-6-13-5-3-9-19-12-13/h3,5,7-9,11-12H,4,6,10H2,1-2H3. The summed E-state index contributed by atoms with van der Waals surface area (Å²) in [5.41, 5.74) is 1.25. The van der Waals surface area contributed by atoms with Crippen LogP contribution in [0.1, 0.15) is 22.3 Å². The summed E-state index contributed by atoms with van der Waals surface area (Å²) in [5.74, 6) is -0.561. The van der Waals surface area contributed by atoms with E-state index in [1.807, 2.05) is 12.1 Å². The van der Waals surface area contributed by atoms with Crippen LogP contribution in [0.3, 0.4) is 0 Å². The summed E-state index contributed by atoms with van der Waals surface area (Å²) in [6.45, 7) is 0.241. The van der Waals surface area contributed by atoms with Gasteiger partial charge in [-0.25, -0.2) is 17.5 Å². The number of halogens is 1. The Bertz CT molecular complexity index is 839. The van der Waals surface area contributed by atoms with Crippen LogP contribution < -0.4 is 0 Å². The zero-order valence-corrected chi connectivity index (χ0v) is 16.4. The highest BCUT2D eigenvalue weighted by Crippen LogP contribution is 2.23. The fourth-order valence-corrected chi connectivity index (χ4v) is 3.43. The van der Waals surface area contributed by atoms with Crippen LogP contribution in [0, 0.1) is 0 Å². The number of ether oxygens (including phenoxy) is 1. The van der Waals surface area contributed by atoms with Crippen molar-refractivity contribution in [3.63, 3.8) is 0 Å². The number of aryl methyl sites for hydroxylation is 1. The molecule has 0 saturated heterocycles. The molecule has 0 fully saturated rings. The summed E-state index contributed by atoms with van der Waals surface area (Å²) in [5, 5.41) is 0. The van der Waals surface area contributed by atoms with Crippen molar-refractivity contribution in [2.45, 2.75) is 17.7 Å². The molecule has 134 valence electrons. The molecule has 0 amide bonds. The minimum atomic E-state index is -3.61. The lowest BCUT2D eigenvalue weighted by Crippen LogP contribution is -2.22. The van der Waals surface area contributed by atoms with Crippen LogP contribution in [0.4, 0.5) is 0 Å². The third-order valence-corrected chi connectivity index (χ3v) is 6.00. The van der Waals surface area contributed by atoms with Crippen molar-refractivity contribution in [1.82, 2.24) is 9.29 Å². The van der Waals surface area contributed by atoms with E-state index in [4.69, 9.17) is 4.74 Å². The molecule has 0 aliphatic carbocycles. The molecule has 0 aliphatic heterocycles. The molecule has 25 heavy (non-hydrogen) atoms. The number of carbonyl (C=O) groups excluding carboxylic acids is 1. The van der Waals surface area contributed by atoms with Crippen LogP contribution in [-0.4, -0.2) is 44.4 Å². The second kappa shape index (κ2) is 8.55. The lowest BCUT2D eigenvalue weighted by atomic mass is 10.2. The SMILES string of the molecule is CN(C)S(=O)(=O)c1ccc(Br)c(C(=O)OCCCc2cccnc2)c1. The third-order valence-electron chi connectivity index (χ3n) is 3.50. The largest absolute Gasteiger partial charge is 0.462 e. The van der Waals surface area contributed by atoms with Gasteiger partial charge in [0.2, 0.25) is 10.0 Å². The van der Waals surface area contributed by atoms with E-state index in [-0.39, 0.29) is 17.1 Å². The number of pyridine rings is 1. The van der Waals surface area contributed by atoms with Crippen molar-refractivity contribution < 1.29 is 17.9 Å². The van der Waals surface area contributed by atoms with Crippen LogP contribution >= 0.6 is 15.9 Å². The molecule has 1 heterocycles. The zero-order chi connectivity index (χ0) is 18.4. The number of hydrogen-bond donors (Lipinski definition) is 0. The van der Waals surface area contributed by atoms with Gasteiger partial charge in [0.05, 0.1) is 17.1 Å². The minimum Gasteiger partial charge on any atom is -0.462 e. The molecule has 0 spiro atoms. The highest BCUT2D eigenvalue weighted by molar-refractivity contribution is 9.10. The van der Waals surface area contributed by atoms with Gasteiger partial charge in [0.15, 0.2) is 0 Å². The van der Waals surface area contributed by atoms with Crippen LogP contribution in [0.5, 0.6) is 0 Å². The van der Waals surface area contributed by atoms with Gasteiger partial charge in [0.1, 0.15) is 0 Å². The number of carbonyl (C=O) groups is 1. The van der Waals surface area contributed by atoms with Gasteiger partial charge >= 0.3 is 5.97 Å². The number of rotatable bonds is 7. The molecule has 2 rings (SSSR count). The van der Waals surface area contributed by atoms with Crippen molar-refractivity contribution in [1.29, 1.82) is 0 Å². The zero-order valence-electron chi connectivity index (χ0n) is 14.0. The molecule has 0 aliphatic rings. The van der Waals surface area contributed by atoms with E-state index in [0.29, 0.717) is 10.9 Å². The first-order valence-corrected chi connectivity index (χ1v) is 9.84. The average molecular weight is 427 g/mol. The van der Waals surface area contributed by atoms with Crippen molar-refractivity contribution in [2.24, 2.45) is 0 Å². The van der Waals surface area contributed by atoms with Gasteiger partial charge in [-0.3, -0.25) is 4.98 Å². The Morgan fingerprint density at radius 1 is 1.28 bits per heavy atom. The molecular weight excluding hydrogens is 408 g/mol. The summed E-state index contributed by atoms with van der Waals surface area (Å²) in [4.78, 5) is 16.3. The highest BCUT2D eigenvalue weighted by atomic mass is 79.9. The van der Waals surface area contributed by atoms with Crippen molar-refractivity contribution >= 4 is 31.9 Å². The number of aromatic nitrogens is 1. The third kappa shape index (κ3) is 5.10. The Balaban J connectivity index is 2.01. The van der Waals surface area contributed by atoms with Crippen molar-refractivity contribution in [3.8, 4) is 0 Å². The van der Waals surface area contributed by atoms with Crippen LogP contribution in [0.25, 0.3) is 0 Å². The van der Waals surface area contributed by atoms with Crippen molar-refractivity contribution in [3.05, 3.63) is 58.3 Å². The summed E-state index contributed by atoms with van der Waals surface area (Å²) in [6, 6.07) is 8.11. The van der Waals surface area contributed by atoms with Gasteiger partial charge in [-0.1, -0.05) is 6.07 Å². The lowest BCUT2D eigenvalue weighted by molar-refractivity contribution is 0.0499. The maximum absolute atomic E-state index is 12.3. The predicted octanol–water partition coefficient (Wildman–Crippen LogP) is 2.88. The Hall–Kier alpha value is -1.77. The van der Waals surface area contributed by atoms with Crippen molar-refractivity contribution in [2.75, 3.05) is 20.7 Å². The summed E-state index contributed by atoms with van der Waals surface area (Å²) in [7, 11) is -0.736. The molecule has 0 N–H and O–H groups in total. The molecule has 0 atom stereocenters. The monoisotopic (exact) mass is 426 g/mol. The fraction of sp³-hybridized carbons (Fsp3) is 0.294. The number of sulfonamides is 1. The van der Waals surface area contributed by atoms with Crippen LogP contribution in [0.2, 0.25) is 0 Å². The Morgan fingerprint density at radius 2 is 2.04 bits per heavy atom. The molecule has 0 saturated carbocycles. The molecule has 0 bridgehead atoms. The first kappa shape index (κ1) is 19.6. The number of nitrogens with zero attached hydrogens (tertiary/aromatic N) is 2. The van der Waals surface area contributed by atoms with E-state index in [0.717, 1.165) is 16.3 Å². The van der Waals surface area contributed by atoms with Crippen LogP contribution in [-0.2, 0) is 21.2 Å². The number of benzene rings is 1. The Labute approximate surface area is 156 Å². The lowest BCUT2D eigenvalue weighted by Gasteiger charge is -2.13. The summed E-state index contributed by atoms with van der Waals surface area (Å²) < 4.78 is 31.2. The molecular formula is C17H19BrN2O4S. The Kier molecular flexibility index (Phi) is 6.69. The smallest absolute Gasteiger partial charge is 0.339 e. The van der Waals surface area contributed by atoms with E-state index < -0.39 is 16.0 Å². The molecule has 0 unspecified atom stereocenters. The first-order valence-electron chi connectivity index (χ1n) is 7.60. The maximum atomic E-state index is 12.3. The number of hydrogen-bond acceptors (Lipinski definition) is 5. The summed E-state index contributed by atoms with van der Waals surface area (Å²) >= 11 is 3.26. The van der Waals surface area contributed by atoms with Gasteiger partial charge in [0, 0.05) is 31.0 Å². The van der Waals surface area contributed by atoms with E-state index in [2.05, 4.69) is 20.9 Å². The van der Waals surface area contributed by atoms with Gasteiger partial charge < -0.3 is 4.74 Å². The quantitative estimate of drug-likeness (QED) is 0.502. The van der Waals surface area contributed by atoms with E-state index in [1.165, 1.54) is 32.3 Å². The normalized spacial score (nSPS) is 11.5. The second-order valence-electron chi connectivity index (χ2n) is 5.53. The van der Waals surface area contributed by atoms with Gasteiger partial charge in [-0.05, 0) is 58.6 Å². The molecule has 8 heteroatoms. The number of esters is 1. The second-order valence-corrected chi connectivity index (χ2v) is 8.54. The fourth-order valence-electron chi connectivity index (χ4n) is 2.10. The van der Waals surface area contributed by atoms with Gasteiger partial charge in [-0.2, -0.15) is 0 Å². The Morgan fingerprint density at radius 3 is 2.68 bits per heavy atom. The summed E-state index contributed by atoms with van der Waals surface area (Å²) in [6.07, 6.45) is 4.88. The molecule has 6 nitrogen and oxygen atoms in total. The van der Waals surface area contributed by atoms with Crippen LogP contribution in [0.15, 0.2) is 52.1 Å². The van der Waals surface area contributed by atoms with E-state index in [9.17, 15) is 13.2 Å². The molecule has 1 aromatic carbocycles. The molecule has 1 aromatic heterocycles. The first-order chi connectivity index (χ1) is 11.8. The topological polar surface area (TPSA) is 76.6 Å². The molecule has 2 aromatic rings. The average Bonchev–Trinajstić information content (AvgIpc) is 2.59. The van der Waals surface area contributed by atoms with E-state index in [1.54, 1.807) is 12.4 Å². The van der Waals surface area contributed by atoms with E-state index >= 15 is 0 Å². The highest BCUT2D eigenvalue weighted by Gasteiger charge is 2.21. The van der Waals surface area contributed by atoms with Gasteiger partial charge in [0.25, 0.3) is 0 Å². The predicted molar refractivity (Wildman–Crippen MR) is 97.9 cm³/mol. The maximum Gasteiger partial charge on any atom is 0.339 e. The minimum absolute atomic E-state index is 0.0445.